The zero-order valence-electron chi connectivity index (χ0n) is 23.3. The quantitative estimate of drug-likeness (QED) is 0.244. The Hall–Kier alpha value is -5.66. The van der Waals surface area contributed by atoms with E-state index in [4.69, 9.17) is 0 Å². The first-order valence-corrected chi connectivity index (χ1v) is 14.1. The van der Waals surface area contributed by atoms with Crippen molar-refractivity contribution >= 4 is 40.1 Å². The number of aromatic nitrogens is 1. The average Bonchev–Trinajstić information content (AvgIpc) is 3.36. The second-order valence-electron chi connectivity index (χ2n) is 10.7. The first-order chi connectivity index (χ1) is 20.7. The number of pyridine rings is 1. The minimum absolute atomic E-state index is 0.986. The number of nitrogens with zero attached hydrogens (tertiary/aromatic N) is 4. The van der Waals surface area contributed by atoms with E-state index >= 15 is 0 Å². The molecule has 3 aromatic carbocycles. The highest BCUT2D eigenvalue weighted by Gasteiger charge is 2.25. The lowest BCUT2D eigenvalue weighted by Gasteiger charge is -2.30. The summed E-state index contributed by atoms with van der Waals surface area (Å²) in [5.41, 5.74) is 22.8. The molecule has 4 aromatic rings. The second-order valence-corrected chi connectivity index (χ2v) is 10.7. The Morgan fingerprint density at radius 3 is 2.05 bits per heavy atom. The van der Waals surface area contributed by atoms with E-state index in [2.05, 4.69) is 136 Å². The molecule has 1 aliphatic carbocycles. The molecule has 0 saturated carbocycles. The molecule has 198 valence electrons. The number of benzene rings is 3. The highest BCUT2D eigenvalue weighted by Crippen LogP contribution is 2.43. The van der Waals surface area contributed by atoms with Gasteiger partial charge in [0.05, 0.1) is 22.8 Å². The van der Waals surface area contributed by atoms with Gasteiger partial charge in [-0.3, -0.25) is 9.98 Å². The van der Waals surface area contributed by atoms with E-state index in [1.807, 2.05) is 30.9 Å². The summed E-state index contributed by atoms with van der Waals surface area (Å²) in [6, 6.07) is 24.0. The van der Waals surface area contributed by atoms with Gasteiger partial charge in [0.2, 0.25) is 0 Å². The third-order valence-corrected chi connectivity index (χ3v) is 8.15. The van der Waals surface area contributed by atoms with E-state index in [9.17, 15) is 0 Å². The number of aryl methyl sites for hydroxylation is 2. The molecule has 8 rings (SSSR count). The molecule has 0 atom stereocenters. The molecule has 4 nitrogen and oxygen atoms in total. The molecule has 4 aliphatic rings. The standard InChI is InChI=1S/C38H26N4/c1-25-19-30(41-29-8-4-3-7-27(21-29)36-24-40-18-16-38(36)41)11-13-33(25)34-14-12-31(20-26(34)2)42-32-15-17-39-23-28(22-32)35-9-5-6-10-37(35)42/h3-20,23-24H,1-2H3. The Bertz CT molecular complexity index is 1940. The van der Waals surface area contributed by atoms with Crippen molar-refractivity contribution < 1.29 is 0 Å². The van der Waals surface area contributed by atoms with E-state index in [1.165, 1.54) is 22.3 Å². The van der Waals surface area contributed by atoms with Crippen molar-refractivity contribution in [3.63, 3.8) is 0 Å². The lowest BCUT2D eigenvalue weighted by atomic mass is 9.94. The minimum Gasteiger partial charge on any atom is -0.303 e. The summed E-state index contributed by atoms with van der Waals surface area (Å²) < 4.78 is 0. The second kappa shape index (κ2) is 9.47. The van der Waals surface area contributed by atoms with E-state index in [-0.39, 0.29) is 0 Å². The average molecular weight is 539 g/mol. The van der Waals surface area contributed by atoms with Crippen LogP contribution in [0.2, 0.25) is 0 Å². The Morgan fingerprint density at radius 1 is 0.619 bits per heavy atom. The summed E-state index contributed by atoms with van der Waals surface area (Å²) in [7, 11) is 0. The molecule has 4 bridgehead atoms. The van der Waals surface area contributed by atoms with Crippen molar-refractivity contribution in [3.05, 3.63) is 161 Å². The normalized spacial score (nSPS) is 15.7. The van der Waals surface area contributed by atoms with Crippen LogP contribution in [0.25, 0.3) is 22.3 Å². The number of hydrogen-bond acceptors (Lipinski definition) is 4. The van der Waals surface area contributed by atoms with Crippen LogP contribution in [-0.2, 0) is 0 Å². The molecule has 0 N–H and O–H groups in total. The van der Waals surface area contributed by atoms with Gasteiger partial charge in [-0.15, -0.1) is 0 Å². The van der Waals surface area contributed by atoms with Crippen LogP contribution in [0.1, 0.15) is 22.3 Å². The van der Waals surface area contributed by atoms with E-state index < -0.39 is 0 Å². The number of para-hydroxylation sites is 1. The highest BCUT2D eigenvalue weighted by atomic mass is 15.2. The third kappa shape index (κ3) is 3.79. The molecule has 0 fully saturated rings. The summed E-state index contributed by atoms with van der Waals surface area (Å²) in [5, 5.41) is 0. The van der Waals surface area contributed by atoms with E-state index in [0.717, 1.165) is 56.4 Å². The summed E-state index contributed by atoms with van der Waals surface area (Å²) in [5.74, 6) is 0. The number of fused-ring (bicyclic) bond motifs is 4. The fraction of sp³-hybridized carbons (Fsp3) is 0.0526. The monoisotopic (exact) mass is 538 g/mol. The molecule has 0 unspecified atom stereocenters. The number of anilines is 4. The highest BCUT2D eigenvalue weighted by molar-refractivity contribution is 6.14. The Labute approximate surface area is 245 Å². The van der Waals surface area contributed by atoms with Gasteiger partial charge in [0, 0.05) is 58.5 Å². The van der Waals surface area contributed by atoms with Crippen LogP contribution in [0.15, 0.2) is 144 Å². The molecule has 42 heavy (non-hydrogen) atoms. The predicted octanol–water partition coefficient (Wildman–Crippen LogP) is 9.13. The van der Waals surface area contributed by atoms with Crippen molar-refractivity contribution in [1.29, 1.82) is 0 Å². The molecule has 1 aromatic heterocycles. The van der Waals surface area contributed by atoms with Crippen molar-refractivity contribution in [2.75, 3.05) is 9.80 Å². The van der Waals surface area contributed by atoms with Crippen molar-refractivity contribution in [2.45, 2.75) is 13.8 Å². The van der Waals surface area contributed by atoms with Gasteiger partial charge >= 0.3 is 0 Å². The molecular weight excluding hydrogens is 512 g/mol. The third-order valence-electron chi connectivity index (χ3n) is 8.15. The zero-order valence-corrected chi connectivity index (χ0v) is 23.3. The number of hydrogen-bond donors (Lipinski definition) is 0. The SMILES string of the molecule is Cc1cc(N2C3=C=C(C=NC=C3)c3ccccc32)ccc1-c1ccc(N2C3=C=C(C=CC=C3)c3cnccc32)cc1C. The number of rotatable bonds is 3. The van der Waals surface area contributed by atoms with Gasteiger partial charge in [0.1, 0.15) is 0 Å². The predicted molar refractivity (Wildman–Crippen MR) is 173 cm³/mol. The van der Waals surface area contributed by atoms with Crippen LogP contribution < -0.4 is 9.80 Å². The maximum absolute atomic E-state index is 4.42. The van der Waals surface area contributed by atoms with Crippen molar-refractivity contribution in [3.8, 4) is 11.1 Å². The van der Waals surface area contributed by atoms with Crippen LogP contribution in [0, 0.1) is 13.8 Å². The summed E-state index contributed by atoms with van der Waals surface area (Å²) in [6.07, 6.45) is 17.9. The van der Waals surface area contributed by atoms with Gasteiger partial charge in [-0.2, -0.15) is 0 Å². The van der Waals surface area contributed by atoms with Crippen molar-refractivity contribution in [2.24, 2.45) is 4.99 Å². The molecule has 0 amide bonds. The largest absolute Gasteiger partial charge is 0.303 e. The maximum Gasteiger partial charge on any atom is 0.0912 e. The van der Waals surface area contributed by atoms with Crippen LogP contribution in [0.5, 0.6) is 0 Å². The topological polar surface area (TPSA) is 31.7 Å². The zero-order chi connectivity index (χ0) is 28.2. The van der Waals surface area contributed by atoms with Gasteiger partial charge < -0.3 is 9.80 Å². The van der Waals surface area contributed by atoms with Gasteiger partial charge in [-0.1, -0.05) is 53.9 Å². The van der Waals surface area contributed by atoms with E-state index in [1.54, 1.807) is 0 Å². The molecular formula is C38H26N4. The van der Waals surface area contributed by atoms with Gasteiger partial charge in [0.15, 0.2) is 0 Å². The number of aliphatic imine (C=N–C) groups is 1. The first kappa shape index (κ1) is 24.2. The molecule has 0 saturated heterocycles. The minimum atomic E-state index is 0.986. The van der Waals surface area contributed by atoms with Gasteiger partial charge in [-0.05, 0) is 90.7 Å². The van der Waals surface area contributed by atoms with Gasteiger partial charge in [0.25, 0.3) is 0 Å². The summed E-state index contributed by atoms with van der Waals surface area (Å²) in [6.45, 7) is 4.39. The molecule has 0 radical (unpaired) electrons. The summed E-state index contributed by atoms with van der Waals surface area (Å²) in [4.78, 5) is 13.3. The molecule has 3 aliphatic heterocycles. The smallest absolute Gasteiger partial charge is 0.0912 e. The Morgan fingerprint density at radius 2 is 1.29 bits per heavy atom. The first-order valence-electron chi connectivity index (χ1n) is 14.1. The Balaban J connectivity index is 1.18. The van der Waals surface area contributed by atoms with Crippen molar-refractivity contribution in [1.82, 2.24) is 4.98 Å². The molecule has 4 heteroatoms. The van der Waals surface area contributed by atoms with Crippen LogP contribution in [0.3, 0.4) is 0 Å². The fourth-order valence-corrected chi connectivity index (χ4v) is 6.20. The summed E-state index contributed by atoms with van der Waals surface area (Å²) >= 11 is 0. The Kier molecular flexibility index (Phi) is 5.45. The maximum atomic E-state index is 4.42. The number of allylic oxidation sites excluding steroid dienone is 5. The molecule has 4 heterocycles. The fourth-order valence-electron chi connectivity index (χ4n) is 6.20. The van der Waals surface area contributed by atoms with E-state index in [0.29, 0.717) is 0 Å². The lowest BCUT2D eigenvalue weighted by Crippen LogP contribution is -2.19. The van der Waals surface area contributed by atoms with Crippen LogP contribution in [0.4, 0.5) is 22.7 Å². The lowest BCUT2D eigenvalue weighted by molar-refractivity contribution is 1.17. The van der Waals surface area contributed by atoms with Gasteiger partial charge in [-0.25, -0.2) is 0 Å². The van der Waals surface area contributed by atoms with Crippen LogP contribution >= 0.6 is 0 Å². The molecule has 0 spiro atoms. The van der Waals surface area contributed by atoms with Crippen LogP contribution in [-0.4, -0.2) is 11.2 Å².